The van der Waals surface area contributed by atoms with Crippen molar-refractivity contribution in [3.8, 4) is 0 Å². The maximum absolute atomic E-state index is 9.31. The predicted molar refractivity (Wildman–Crippen MR) is 75.2 cm³/mol. The summed E-state index contributed by atoms with van der Waals surface area (Å²) in [6.07, 6.45) is 2.72. The molecule has 0 radical (unpaired) electrons. The van der Waals surface area contributed by atoms with Gasteiger partial charge in [0.05, 0.1) is 17.5 Å². The van der Waals surface area contributed by atoms with E-state index in [0.29, 0.717) is 0 Å². The first kappa shape index (κ1) is 13.5. The molecule has 0 aliphatic carbocycles. The molecule has 5 heteroatoms. The van der Waals surface area contributed by atoms with Crippen LogP contribution in [0.4, 0.5) is 0 Å². The molecule has 1 atom stereocenters. The third-order valence-electron chi connectivity index (χ3n) is 3.09. The Balaban J connectivity index is 2.12. The van der Waals surface area contributed by atoms with Gasteiger partial charge in [-0.25, -0.2) is 4.98 Å². The predicted octanol–water partition coefficient (Wildman–Crippen LogP) is 2.22. The molecule has 0 fully saturated rings. The fraction of sp³-hybridized carbons (Fsp3) is 0.615. The van der Waals surface area contributed by atoms with Crippen molar-refractivity contribution in [3.05, 3.63) is 22.5 Å². The Hall–Kier alpha value is -0.910. The van der Waals surface area contributed by atoms with Crippen LogP contribution in [-0.4, -0.2) is 39.1 Å². The van der Waals surface area contributed by atoms with Crippen molar-refractivity contribution in [2.24, 2.45) is 0 Å². The molecule has 0 amide bonds. The number of rotatable bonds is 5. The summed E-state index contributed by atoms with van der Waals surface area (Å²) in [5.74, 6) is 0. The summed E-state index contributed by atoms with van der Waals surface area (Å²) in [5, 5.41) is 9.31. The molecule has 0 saturated heterocycles. The third-order valence-corrected chi connectivity index (χ3v) is 3.99. The van der Waals surface area contributed by atoms with Crippen molar-refractivity contribution >= 4 is 16.3 Å². The van der Waals surface area contributed by atoms with Crippen LogP contribution in [0.15, 0.2) is 6.20 Å². The lowest BCUT2D eigenvalue weighted by atomic mass is 10.2. The van der Waals surface area contributed by atoms with Gasteiger partial charge in [0.1, 0.15) is 0 Å². The van der Waals surface area contributed by atoms with Crippen LogP contribution in [0.2, 0.25) is 0 Å². The van der Waals surface area contributed by atoms with Gasteiger partial charge < -0.3 is 10.0 Å². The first-order valence-electron chi connectivity index (χ1n) is 6.28. The highest BCUT2D eigenvalue weighted by molar-refractivity contribution is 7.17. The zero-order chi connectivity index (χ0) is 13.3. The van der Waals surface area contributed by atoms with Gasteiger partial charge >= 0.3 is 0 Å². The number of aryl methyl sites for hydroxylation is 2. The van der Waals surface area contributed by atoms with Crippen molar-refractivity contribution in [1.29, 1.82) is 0 Å². The normalized spacial score (nSPS) is 13.7. The van der Waals surface area contributed by atoms with E-state index in [1.165, 1.54) is 10.6 Å². The van der Waals surface area contributed by atoms with Crippen LogP contribution in [-0.2, 0) is 6.54 Å². The fourth-order valence-corrected chi connectivity index (χ4v) is 2.93. The molecule has 1 N–H and O–H groups in total. The lowest BCUT2D eigenvalue weighted by Crippen LogP contribution is -2.23. The minimum Gasteiger partial charge on any atom is -0.393 e. The van der Waals surface area contributed by atoms with E-state index >= 15 is 0 Å². The van der Waals surface area contributed by atoms with E-state index in [-0.39, 0.29) is 6.10 Å². The zero-order valence-electron chi connectivity index (χ0n) is 11.5. The summed E-state index contributed by atoms with van der Waals surface area (Å²) in [6.45, 7) is 7.77. The number of hydrogen-bond acceptors (Lipinski definition) is 4. The molecular weight excluding hydrogens is 246 g/mol. The van der Waals surface area contributed by atoms with Gasteiger partial charge in [-0.1, -0.05) is 0 Å². The Morgan fingerprint density at radius 2 is 2.22 bits per heavy atom. The Labute approximate surface area is 112 Å². The van der Waals surface area contributed by atoms with Gasteiger partial charge in [0.2, 0.25) is 0 Å². The van der Waals surface area contributed by atoms with Crippen molar-refractivity contribution in [3.63, 3.8) is 0 Å². The topological polar surface area (TPSA) is 40.8 Å². The first-order chi connectivity index (χ1) is 8.47. The minimum absolute atomic E-state index is 0.234. The van der Waals surface area contributed by atoms with E-state index < -0.39 is 0 Å². The Morgan fingerprint density at radius 3 is 2.89 bits per heavy atom. The number of aromatic nitrogens is 2. The first-order valence-corrected chi connectivity index (χ1v) is 7.09. The number of thiazole rings is 1. The van der Waals surface area contributed by atoms with Gasteiger partial charge in [-0.15, -0.1) is 11.3 Å². The monoisotopic (exact) mass is 267 g/mol. The van der Waals surface area contributed by atoms with E-state index in [0.717, 1.165) is 30.2 Å². The summed E-state index contributed by atoms with van der Waals surface area (Å²) < 4.78 is 2.19. The summed E-state index contributed by atoms with van der Waals surface area (Å²) in [4.78, 5) is 9.18. The number of imidazole rings is 1. The molecule has 0 aromatic carbocycles. The molecule has 1 unspecified atom stereocenters. The maximum Gasteiger partial charge on any atom is 0.194 e. The molecule has 2 heterocycles. The van der Waals surface area contributed by atoms with Crippen LogP contribution in [0, 0.1) is 13.8 Å². The molecular formula is C13H21N3OS. The Morgan fingerprint density at radius 1 is 1.50 bits per heavy atom. The van der Waals surface area contributed by atoms with E-state index in [1.54, 1.807) is 11.3 Å². The Bertz CT molecular complexity index is 530. The standard InChI is InChI=1S/C13H21N3OS/c1-9(17)5-6-15(4)8-12-11(3)14-13-16(12)7-10(2)18-13/h7,9,17H,5-6,8H2,1-4H3. The minimum atomic E-state index is -0.234. The third kappa shape index (κ3) is 2.91. The average molecular weight is 267 g/mol. The zero-order valence-corrected chi connectivity index (χ0v) is 12.3. The highest BCUT2D eigenvalue weighted by atomic mass is 32.1. The highest BCUT2D eigenvalue weighted by Gasteiger charge is 2.13. The van der Waals surface area contributed by atoms with Gasteiger partial charge in [-0.3, -0.25) is 4.40 Å². The smallest absolute Gasteiger partial charge is 0.194 e. The summed E-state index contributed by atoms with van der Waals surface area (Å²) in [5.41, 5.74) is 2.35. The number of fused-ring (bicyclic) bond motifs is 1. The van der Waals surface area contributed by atoms with Gasteiger partial charge in [0, 0.05) is 24.2 Å². The van der Waals surface area contributed by atoms with Crippen molar-refractivity contribution in [2.75, 3.05) is 13.6 Å². The second-order valence-corrected chi connectivity index (χ2v) is 6.23. The lowest BCUT2D eigenvalue weighted by Gasteiger charge is -2.17. The van der Waals surface area contributed by atoms with E-state index in [1.807, 2.05) is 6.92 Å². The summed E-state index contributed by atoms with van der Waals surface area (Å²) >= 11 is 1.73. The van der Waals surface area contributed by atoms with Gasteiger partial charge in [0.25, 0.3) is 0 Å². The van der Waals surface area contributed by atoms with Crippen LogP contribution in [0.25, 0.3) is 4.96 Å². The average Bonchev–Trinajstić information content (AvgIpc) is 2.74. The molecule has 0 bridgehead atoms. The molecule has 0 aliphatic heterocycles. The van der Waals surface area contributed by atoms with Gasteiger partial charge in [0.15, 0.2) is 4.96 Å². The van der Waals surface area contributed by atoms with Crippen LogP contribution in [0.1, 0.15) is 29.6 Å². The molecule has 2 aromatic rings. The van der Waals surface area contributed by atoms with Crippen molar-refractivity contribution in [1.82, 2.24) is 14.3 Å². The van der Waals surface area contributed by atoms with Crippen LogP contribution in [0.3, 0.4) is 0 Å². The van der Waals surface area contributed by atoms with Gasteiger partial charge in [-0.05, 0) is 34.2 Å². The number of hydrogen-bond donors (Lipinski definition) is 1. The second kappa shape index (κ2) is 5.38. The number of nitrogens with zero attached hydrogens (tertiary/aromatic N) is 3. The van der Waals surface area contributed by atoms with Crippen LogP contribution < -0.4 is 0 Å². The molecule has 2 rings (SSSR count). The van der Waals surface area contributed by atoms with Crippen molar-refractivity contribution in [2.45, 2.75) is 39.8 Å². The van der Waals surface area contributed by atoms with Gasteiger partial charge in [-0.2, -0.15) is 0 Å². The Kier molecular flexibility index (Phi) is 4.04. The second-order valence-electron chi connectivity index (χ2n) is 5.01. The maximum atomic E-state index is 9.31. The molecule has 4 nitrogen and oxygen atoms in total. The van der Waals surface area contributed by atoms with E-state index in [2.05, 4.69) is 41.4 Å². The molecule has 0 saturated carbocycles. The molecule has 0 spiro atoms. The van der Waals surface area contributed by atoms with Crippen molar-refractivity contribution < 1.29 is 5.11 Å². The SMILES string of the molecule is Cc1cn2c(CN(C)CCC(C)O)c(C)nc2s1. The fourth-order valence-electron chi connectivity index (χ4n) is 2.04. The van der Waals surface area contributed by atoms with Crippen LogP contribution in [0.5, 0.6) is 0 Å². The molecule has 2 aromatic heterocycles. The quantitative estimate of drug-likeness (QED) is 0.903. The number of aliphatic hydroxyl groups is 1. The van der Waals surface area contributed by atoms with E-state index in [9.17, 15) is 5.11 Å². The summed E-state index contributed by atoms with van der Waals surface area (Å²) in [6, 6.07) is 0. The van der Waals surface area contributed by atoms with Crippen LogP contribution >= 0.6 is 11.3 Å². The highest BCUT2D eigenvalue weighted by Crippen LogP contribution is 2.21. The molecule has 0 aliphatic rings. The lowest BCUT2D eigenvalue weighted by molar-refractivity contribution is 0.162. The molecule has 100 valence electrons. The summed E-state index contributed by atoms with van der Waals surface area (Å²) in [7, 11) is 2.08. The number of aliphatic hydroxyl groups excluding tert-OH is 1. The largest absolute Gasteiger partial charge is 0.393 e. The van der Waals surface area contributed by atoms with E-state index in [4.69, 9.17) is 0 Å². The molecule has 18 heavy (non-hydrogen) atoms.